The number of nitrogens with one attached hydrogen (secondary N) is 3. The van der Waals surface area contributed by atoms with E-state index in [0.717, 1.165) is 18.4 Å². The number of carbonyl (C=O) groups excluding carboxylic acids is 2. The van der Waals surface area contributed by atoms with Gasteiger partial charge in [0.1, 0.15) is 0 Å². The first-order chi connectivity index (χ1) is 12.8. The van der Waals surface area contributed by atoms with E-state index >= 15 is 0 Å². The van der Waals surface area contributed by atoms with E-state index in [1.807, 2.05) is 30.3 Å². The first-order valence-corrected chi connectivity index (χ1v) is 9.36. The van der Waals surface area contributed by atoms with Crippen molar-refractivity contribution in [3.05, 3.63) is 65.7 Å². The zero-order valence-electron chi connectivity index (χ0n) is 16.1. The summed E-state index contributed by atoms with van der Waals surface area (Å²) < 4.78 is 0. The number of carbonyl (C=O) groups is 2. The molecule has 1 atom stereocenters. The number of hydrogen-bond donors (Lipinski definition) is 3. The largest absolute Gasteiger partial charge is 0.345 e. The number of rotatable bonds is 5. The van der Waals surface area contributed by atoms with Gasteiger partial charge in [0.25, 0.3) is 5.91 Å². The van der Waals surface area contributed by atoms with Crippen molar-refractivity contribution in [1.29, 1.82) is 0 Å². The highest BCUT2D eigenvalue weighted by molar-refractivity contribution is 5.95. The topological polar surface area (TPSA) is 70.2 Å². The van der Waals surface area contributed by atoms with Crippen molar-refractivity contribution in [2.45, 2.75) is 45.7 Å². The van der Waals surface area contributed by atoms with E-state index in [-0.39, 0.29) is 23.4 Å². The molecule has 1 unspecified atom stereocenters. The van der Waals surface area contributed by atoms with Crippen molar-refractivity contribution in [3.63, 3.8) is 0 Å². The van der Waals surface area contributed by atoms with E-state index in [2.05, 4.69) is 36.7 Å². The van der Waals surface area contributed by atoms with Crippen LogP contribution in [-0.4, -0.2) is 18.0 Å². The van der Waals surface area contributed by atoms with Gasteiger partial charge in [-0.05, 0) is 48.1 Å². The molecular formula is C22H27N3O2. The predicted molar refractivity (Wildman–Crippen MR) is 108 cm³/mol. The fourth-order valence-corrected chi connectivity index (χ4v) is 2.94. The van der Waals surface area contributed by atoms with Crippen LogP contribution in [0.5, 0.6) is 0 Å². The summed E-state index contributed by atoms with van der Waals surface area (Å²) >= 11 is 0. The lowest BCUT2D eigenvalue weighted by Gasteiger charge is -2.32. The molecule has 1 saturated carbocycles. The standard InChI is InChI=1S/C22H27N3O2/c1-22(2,3)19(15-7-5-4-6-8-15)25-20(26)16-9-11-17(12-10-16)23-21(27)24-18-13-14-18/h4-12,18-19H,13-14H2,1-3H3,(H,25,26)(H2,23,24,27). The van der Waals surface area contributed by atoms with E-state index in [0.29, 0.717) is 17.3 Å². The van der Waals surface area contributed by atoms with Gasteiger partial charge in [0, 0.05) is 17.3 Å². The minimum absolute atomic E-state index is 0.103. The van der Waals surface area contributed by atoms with Gasteiger partial charge in [-0.25, -0.2) is 4.79 Å². The normalized spacial score (nSPS) is 14.9. The summed E-state index contributed by atoms with van der Waals surface area (Å²) in [5.41, 5.74) is 2.18. The first-order valence-electron chi connectivity index (χ1n) is 9.36. The molecule has 2 aromatic rings. The smallest absolute Gasteiger partial charge is 0.319 e. The Balaban J connectivity index is 1.66. The minimum Gasteiger partial charge on any atom is -0.345 e. The lowest BCUT2D eigenvalue weighted by atomic mass is 9.82. The second-order valence-electron chi connectivity index (χ2n) is 8.13. The lowest BCUT2D eigenvalue weighted by Crippen LogP contribution is -2.36. The quantitative estimate of drug-likeness (QED) is 0.731. The van der Waals surface area contributed by atoms with E-state index in [1.165, 1.54) is 0 Å². The second-order valence-corrected chi connectivity index (χ2v) is 8.13. The molecule has 2 aromatic carbocycles. The minimum atomic E-state index is -0.202. The molecule has 0 heterocycles. The van der Waals surface area contributed by atoms with Gasteiger partial charge in [-0.2, -0.15) is 0 Å². The van der Waals surface area contributed by atoms with Crippen LogP contribution >= 0.6 is 0 Å². The molecule has 0 saturated heterocycles. The van der Waals surface area contributed by atoms with Crippen LogP contribution in [0.3, 0.4) is 0 Å². The molecule has 0 spiro atoms. The molecule has 1 aliphatic carbocycles. The maximum Gasteiger partial charge on any atom is 0.319 e. The third kappa shape index (κ3) is 5.33. The molecule has 0 bridgehead atoms. The average molecular weight is 365 g/mol. The average Bonchev–Trinajstić information content (AvgIpc) is 3.43. The number of urea groups is 1. The molecule has 0 radical (unpaired) electrons. The highest BCUT2D eigenvalue weighted by atomic mass is 16.2. The van der Waals surface area contributed by atoms with E-state index < -0.39 is 0 Å². The Morgan fingerprint density at radius 1 is 0.963 bits per heavy atom. The fourth-order valence-electron chi connectivity index (χ4n) is 2.94. The van der Waals surface area contributed by atoms with Gasteiger partial charge in [0.05, 0.1) is 6.04 Å². The number of hydrogen-bond acceptors (Lipinski definition) is 2. The van der Waals surface area contributed by atoms with Gasteiger partial charge in [-0.15, -0.1) is 0 Å². The predicted octanol–water partition coefficient (Wildman–Crippen LogP) is 4.49. The third-order valence-corrected chi connectivity index (χ3v) is 4.59. The SMILES string of the molecule is CC(C)(C)C(NC(=O)c1ccc(NC(=O)NC2CC2)cc1)c1ccccc1. The van der Waals surface area contributed by atoms with Gasteiger partial charge >= 0.3 is 6.03 Å². The lowest BCUT2D eigenvalue weighted by molar-refractivity contribution is 0.0902. The zero-order valence-corrected chi connectivity index (χ0v) is 16.1. The molecule has 5 nitrogen and oxygen atoms in total. The second kappa shape index (κ2) is 7.82. The van der Waals surface area contributed by atoms with Crippen molar-refractivity contribution < 1.29 is 9.59 Å². The Bertz CT molecular complexity index is 791. The Kier molecular flexibility index (Phi) is 5.49. The summed E-state index contributed by atoms with van der Waals surface area (Å²) in [7, 11) is 0. The monoisotopic (exact) mass is 365 g/mol. The van der Waals surface area contributed by atoms with Gasteiger partial charge in [-0.1, -0.05) is 51.1 Å². The summed E-state index contributed by atoms with van der Waals surface area (Å²) in [5, 5.41) is 8.81. The molecule has 3 N–H and O–H groups in total. The zero-order chi connectivity index (χ0) is 19.4. The molecule has 3 amide bonds. The first kappa shape index (κ1) is 19.0. The summed E-state index contributed by atoms with van der Waals surface area (Å²) in [5.74, 6) is -0.132. The Labute approximate surface area is 160 Å². The van der Waals surface area contributed by atoms with Crippen molar-refractivity contribution >= 4 is 17.6 Å². The Hall–Kier alpha value is -2.82. The van der Waals surface area contributed by atoms with Crippen molar-refractivity contribution in [2.75, 3.05) is 5.32 Å². The van der Waals surface area contributed by atoms with Crippen LogP contribution in [0.2, 0.25) is 0 Å². The molecule has 1 aliphatic rings. The van der Waals surface area contributed by atoms with Crippen molar-refractivity contribution in [2.24, 2.45) is 5.41 Å². The highest BCUT2D eigenvalue weighted by Gasteiger charge is 2.28. The van der Waals surface area contributed by atoms with Crippen LogP contribution in [0.25, 0.3) is 0 Å². The maximum atomic E-state index is 12.8. The molecule has 0 aromatic heterocycles. The molecule has 3 rings (SSSR count). The molecule has 5 heteroatoms. The summed E-state index contributed by atoms with van der Waals surface area (Å²) in [4.78, 5) is 24.5. The summed E-state index contributed by atoms with van der Waals surface area (Å²) in [6, 6.07) is 16.9. The summed E-state index contributed by atoms with van der Waals surface area (Å²) in [6.45, 7) is 6.32. The number of anilines is 1. The van der Waals surface area contributed by atoms with Crippen LogP contribution in [0.1, 0.15) is 55.6 Å². The Morgan fingerprint density at radius 2 is 1.59 bits per heavy atom. The molecule has 27 heavy (non-hydrogen) atoms. The van der Waals surface area contributed by atoms with Crippen molar-refractivity contribution in [3.8, 4) is 0 Å². The fraction of sp³-hybridized carbons (Fsp3) is 0.364. The van der Waals surface area contributed by atoms with Gasteiger partial charge in [-0.3, -0.25) is 4.79 Å². The van der Waals surface area contributed by atoms with Crippen molar-refractivity contribution in [1.82, 2.24) is 10.6 Å². The molecule has 142 valence electrons. The number of amides is 3. The van der Waals surface area contributed by atoms with E-state index in [4.69, 9.17) is 0 Å². The van der Waals surface area contributed by atoms with Crippen LogP contribution < -0.4 is 16.0 Å². The number of benzene rings is 2. The van der Waals surface area contributed by atoms with Crippen LogP contribution in [0.4, 0.5) is 10.5 Å². The van der Waals surface area contributed by atoms with Gasteiger partial charge in [0.15, 0.2) is 0 Å². The maximum absolute atomic E-state index is 12.8. The third-order valence-electron chi connectivity index (χ3n) is 4.59. The van der Waals surface area contributed by atoms with E-state index in [1.54, 1.807) is 24.3 Å². The van der Waals surface area contributed by atoms with E-state index in [9.17, 15) is 9.59 Å². The van der Waals surface area contributed by atoms with Crippen LogP contribution in [0, 0.1) is 5.41 Å². The van der Waals surface area contributed by atoms with Gasteiger partial charge < -0.3 is 16.0 Å². The summed E-state index contributed by atoms with van der Waals surface area (Å²) in [6.07, 6.45) is 2.09. The highest BCUT2D eigenvalue weighted by Crippen LogP contribution is 2.32. The molecular weight excluding hydrogens is 338 g/mol. The molecule has 1 fully saturated rings. The van der Waals surface area contributed by atoms with Crippen LogP contribution in [0.15, 0.2) is 54.6 Å². The van der Waals surface area contributed by atoms with Crippen LogP contribution in [-0.2, 0) is 0 Å². The van der Waals surface area contributed by atoms with Gasteiger partial charge in [0.2, 0.25) is 0 Å². The Morgan fingerprint density at radius 3 is 2.15 bits per heavy atom. The molecule has 0 aliphatic heterocycles.